The highest BCUT2D eigenvalue weighted by atomic mass is 19.4. The van der Waals surface area contributed by atoms with Gasteiger partial charge in [-0.25, -0.2) is 9.50 Å². The molecule has 1 aliphatic heterocycles. The highest BCUT2D eigenvalue weighted by Crippen LogP contribution is 2.35. The first kappa shape index (κ1) is 18.6. The van der Waals surface area contributed by atoms with Crippen molar-refractivity contribution in [2.45, 2.75) is 44.8 Å². The van der Waals surface area contributed by atoms with E-state index >= 15 is 0 Å². The van der Waals surface area contributed by atoms with E-state index in [4.69, 9.17) is 4.74 Å². The van der Waals surface area contributed by atoms with Gasteiger partial charge in [0.05, 0.1) is 11.7 Å². The lowest BCUT2D eigenvalue weighted by molar-refractivity contribution is -0.143. The maximum atomic E-state index is 13.5. The van der Waals surface area contributed by atoms with Gasteiger partial charge in [0.2, 0.25) is 5.91 Å². The number of hydrogen-bond donors (Lipinski definition) is 0. The quantitative estimate of drug-likeness (QED) is 0.829. The number of hydrogen-bond acceptors (Lipinski definition) is 4. The Balaban J connectivity index is 2.07. The molecule has 1 atom stereocenters. The van der Waals surface area contributed by atoms with E-state index in [0.717, 1.165) is 17.0 Å². The topological polar surface area (TPSA) is 59.7 Å². The molecule has 2 aromatic rings. The number of aromatic nitrogens is 3. The molecule has 0 saturated carbocycles. The molecule has 1 aliphatic rings. The van der Waals surface area contributed by atoms with Crippen molar-refractivity contribution in [3.63, 3.8) is 0 Å². The molecular weight excluding hydrogens is 349 g/mol. The number of nitrogens with zero attached hydrogens (tertiary/aromatic N) is 4. The normalized spacial score (nSPS) is 18.3. The zero-order chi connectivity index (χ0) is 19.1. The summed E-state index contributed by atoms with van der Waals surface area (Å²) < 4.78 is 46.2. The maximum absolute atomic E-state index is 13.5. The Morgan fingerprint density at radius 3 is 2.73 bits per heavy atom. The van der Waals surface area contributed by atoms with Gasteiger partial charge in [0.15, 0.2) is 5.65 Å². The predicted molar refractivity (Wildman–Crippen MR) is 87.6 cm³/mol. The molecule has 0 bridgehead atoms. The second-order valence-corrected chi connectivity index (χ2v) is 6.74. The first-order valence-electron chi connectivity index (χ1n) is 8.48. The second kappa shape index (κ2) is 6.86. The highest BCUT2D eigenvalue weighted by molar-refractivity contribution is 5.78. The van der Waals surface area contributed by atoms with Crippen LogP contribution in [0.25, 0.3) is 5.65 Å². The van der Waals surface area contributed by atoms with Gasteiger partial charge in [0, 0.05) is 25.4 Å². The van der Waals surface area contributed by atoms with Gasteiger partial charge < -0.3 is 9.64 Å². The van der Waals surface area contributed by atoms with Crippen molar-refractivity contribution >= 4 is 11.6 Å². The molecule has 0 aliphatic carbocycles. The van der Waals surface area contributed by atoms with Crippen LogP contribution in [0.4, 0.5) is 13.2 Å². The van der Waals surface area contributed by atoms with Crippen molar-refractivity contribution in [2.24, 2.45) is 0 Å². The number of amides is 1. The van der Waals surface area contributed by atoms with E-state index in [1.807, 2.05) is 0 Å². The molecule has 26 heavy (non-hydrogen) atoms. The largest absolute Gasteiger partial charge is 0.433 e. The number of fused-ring (bicyclic) bond motifs is 1. The summed E-state index contributed by atoms with van der Waals surface area (Å²) in [5.41, 5.74) is 0.0654. The Kier molecular flexibility index (Phi) is 4.92. The molecule has 0 radical (unpaired) electrons. The number of ether oxygens (including phenoxy) is 1. The minimum absolute atomic E-state index is 0.0621. The van der Waals surface area contributed by atoms with Crippen LogP contribution in [-0.4, -0.2) is 45.7 Å². The van der Waals surface area contributed by atoms with E-state index in [1.54, 1.807) is 24.8 Å². The summed E-state index contributed by atoms with van der Waals surface area (Å²) >= 11 is 0. The molecule has 0 spiro atoms. The van der Waals surface area contributed by atoms with Gasteiger partial charge in [-0.1, -0.05) is 13.8 Å². The van der Waals surface area contributed by atoms with Crippen molar-refractivity contribution < 1.29 is 22.7 Å². The fourth-order valence-corrected chi connectivity index (χ4v) is 3.25. The Morgan fingerprint density at radius 1 is 1.38 bits per heavy atom. The van der Waals surface area contributed by atoms with Crippen LogP contribution in [0, 0.1) is 0 Å². The molecule has 3 rings (SSSR count). The lowest BCUT2D eigenvalue weighted by atomic mass is 10.1. The van der Waals surface area contributed by atoms with Crippen LogP contribution in [0.5, 0.6) is 0 Å². The van der Waals surface area contributed by atoms with E-state index in [9.17, 15) is 18.0 Å². The molecular formula is C17H21F3N4O2. The molecule has 2 aromatic heterocycles. The fraction of sp³-hybridized carbons (Fsp3) is 0.588. The van der Waals surface area contributed by atoms with E-state index in [-0.39, 0.29) is 30.1 Å². The molecule has 9 heteroatoms. The number of methoxy groups -OCH3 is 1. The number of likely N-dealkylation sites (tertiary alicyclic amines) is 1. The summed E-state index contributed by atoms with van der Waals surface area (Å²) in [6, 6.07) is 2.23. The molecule has 3 heterocycles. The van der Waals surface area contributed by atoms with E-state index in [0.29, 0.717) is 24.4 Å². The number of alkyl halides is 3. The summed E-state index contributed by atoms with van der Waals surface area (Å²) in [6.45, 7) is 4.06. The third-order valence-electron chi connectivity index (χ3n) is 4.53. The van der Waals surface area contributed by atoms with Crippen LogP contribution in [0.2, 0.25) is 0 Å². The van der Waals surface area contributed by atoms with Crippen LogP contribution < -0.4 is 0 Å². The summed E-state index contributed by atoms with van der Waals surface area (Å²) in [4.78, 5) is 18.1. The van der Waals surface area contributed by atoms with Gasteiger partial charge >= 0.3 is 6.18 Å². The lowest BCUT2D eigenvalue weighted by Crippen LogP contribution is -2.33. The molecule has 1 fully saturated rings. The van der Waals surface area contributed by atoms with Gasteiger partial charge in [-0.05, 0) is 24.8 Å². The fourth-order valence-electron chi connectivity index (χ4n) is 3.25. The Hall–Kier alpha value is -2.16. The predicted octanol–water partition coefficient (Wildman–Crippen LogP) is 3.18. The second-order valence-electron chi connectivity index (χ2n) is 6.74. The van der Waals surface area contributed by atoms with Crippen molar-refractivity contribution in [1.29, 1.82) is 0 Å². The SMILES string of the molecule is COCC(=O)N1CCC[C@H]1c1cc2nc(C(C)C)cc(C(F)(F)F)n2n1. The van der Waals surface area contributed by atoms with E-state index in [2.05, 4.69) is 10.1 Å². The van der Waals surface area contributed by atoms with Gasteiger partial charge in [-0.3, -0.25) is 4.79 Å². The summed E-state index contributed by atoms with van der Waals surface area (Å²) in [5.74, 6) is -0.343. The average molecular weight is 370 g/mol. The first-order chi connectivity index (χ1) is 12.2. The standard InChI is InChI=1S/C17H21F3N4O2/c1-10(2)11-7-14(17(18,19)20)24-15(21-11)8-12(22-24)13-5-4-6-23(13)16(25)9-26-3/h7-8,10,13H,4-6,9H2,1-3H3/t13-/m0/s1. The number of carbonyl (C=O) groups excluding carboxylic acids is 1. The third-order valence-corrected chi connectivity index (χ3v) is 4.53. The lowest BCUT2D eigenvalue weighted by Gasteiger charge is -2.22. The molecule has 142 valence electrons. The molecule has 1 amide bonds. The van der Waals surface area contributed by atoms with Crippen LogP contribution in [0.15, 0.2) is 12.1 Å². The van der Waals surface area contributed by atoms with Crippen molar-refractivity contribution in [3.8, 4) is 0 Å². The molecule has 6 nitrogen and oxygen atoms in total. The summed E-state index contributed by atoms with van der Waals surface area (Å²) in [5, 5.41) is 4.15. The van der Waals surface area contributed by atoms with Gasteiger partial charge in [0.1, 0.15) is 12.3 Å². The molecule has 0 unspecified atom stereocenters. The van der Waals surface area contributed by atoms with Crippen LogP contribution in [0.1, 0.15) is 55.7 Å². The van der Waals surface area contributed by atoms with E-state index < -0.39 is 11.9 Å². The number of halogens is 3. The Morgan fingerprint density at radius 2 is 2.12 bits per heavy atom. The average Bonchev–Trinajstić information content (AvgIpc) is 3.19. The molecule has 0 N–H and O–H groups in total. The van der Waals surface area contributed by atoms with Crippen molar-refractivity contribution in [2.75, 3.05) is 20.3 Å². The van der Waals surface area contributed by atoms with Crippen LogP contribution in [0.3, 0.4) is 0 Å². The summed E-state index contributed by atoms with van der Waals surface area (Å²) in [7, 11) is 1.43. The molecule has 0 aromatic carbocycles. The Bertz CT molecular complexity index is 816. The van der Waals surface area contributed by atoms with Crippen molar-refractivity contribution in [3.05, 3.63) is 29.2 Å². The number of carbonyl (C=O) groups is 1. The highest BCUT2D eigenvalue weighted by Gasteiger charge is 2.37. The van der Waals surface area contributed by atoms with Gasteiger partial charge in [-0.2, -0.15) is 18.3 Å². The zero-order valence-corrected chi connectivity index (χ0v) is 14.9. The zero-order valence-electron chi connectivity index (χ0n) is 14.9. The van der Waals surface area contributed by atoms with Crippen LogP contribution in [-0.2, 0) is 15.7 Å². The monoisotopic (exact) mass is 370 g/mol. The van der Waals surface area contributed by atoms with Gasteiger partial charge in [-0.15, -0.1) is 0 Å². The smallest absolute Gasteiger partial charge is 0.375 e. The first-order valence-corrected chi connectivity index (χ1v) is 8.48. The minimum Gasteiger partial charge on any atom is -0.375 e. The maximum Gasteiger partial charge on any atom is 0.433 e. The Labute approximate surface area is 148 Å². The van der Waals surface area contributed by atoms with Crippen molar-refractivity contribution in [1.82, 2.24) is 19.5 Å². The summed E-state index contributed by atoms with van der Waals surface area (Å²) in [6.07, 6.45) is -3.13. The number of rotatable bonds is 4. The third kappa shape index (κ3) is 3.40. The van der Waals surface area contributed by atoms with Gasteiger partial charge in [0.25, 0.3) is 0 Å². The van der Waals surface area contributed by atoms with Crippen LogP contribution >= 0.6 is 0 Å². The molecule has 1 saturated heterocycles. The van der Waals surface area contributed by atoms with E-state index in [1.165, 1.54) is 7.11 Å². The minimum atomic E-state index is -4.55.